The van der Waals surface area contributed by atoms with Crippen molar-refractivity contribution in [2.75, 3.05) is 0 Å². The van der Waals surface area contributed by atoms with Crippen LogP contribution in [0.4, 0.5) is 0 Å². The smallest absolute Gasteiger partial charge is 0.140 e. The normalized spacial score (nSPS) is 10.0. The zero-order valence-corrected chi connectivity index (χ0v) is 19.7. The number of pyridine rings is 2. The Labute approximate surface area is 176 Å². The summed E-state index contributed by atoms with van der Waals surface area (Å²) in [6, 6.07) is 8.83. The first kappa shape index (κ1) is 24.4. The summed E-state index contributed by atoms with van der Waals surface area (Å²) < 4.78 is 4.35. The van der Waals surface area contributed by atoms with Gasteiger partial charge in [-0.05, 0) is 70.0 Å². The molecule has 0 amide bonds. The van der Waals surface area contributed by atoms with Crippen LogP contribution in [0.25, 0.3) is 22.1 Å². The first-order valence-electron chi connectivity index (χ1n) is 10.9. The van der Waals surface area contributed by atoms with E-state index in [4.69, 9.17) is 0 Å². The summed E-state index contributed by atoms with van der Waals surface area (Å²) in [4.78, 5) is 8.72. The predicted octanol–water partition coefficient (Wildman–Crippen LogP) is 7.34. The maximum atomic E-state index is 4.39. The molecule has 4 aromatic rings. The summed E-state index contributed by atoms with van der Waals surface area (Å²) in [7, 11) is 0. The zero-order valence-electron chi connectivity index (χ0n) is 19.7. The third kappa shape index (κ3) is 5.69. The minimum atomic E-state index is 0.479. The molecule has 0 saturated heterocycles. The van der Waals surface area contributed by atoms with E-state index in [1.54, 1.807) is 0 Å². The van der Waals surface area contributed by atoms with Gasteiger partial charge in [-0.2, -0.15) is 0 Å². The molecule has 0 N–H and O–H groups in total. The molecule has 29 heavy (non-hydrogen) atoms. The highest BCUT2D eigenvalue weighted by Crippen LogP contribution is 2.20. The topological polar surface area (TPSA) is 35.6 Å². The minimum absolute atomic E-state index is 0.479. The third-order valence-corrected chi connectivity index (χ3v) is 4.61. The average Bonchev–Trinajstić information content (AvgIpc) is 3.37. The van der Waals surface area contributed by atoms with Gasteiger partial charge in [0.05, 0.1) is 0 Å². The fourth-order valence-electron chi connectivity index (χ4n) is 3.09. The van der Waals surface area contributed by atoms with Crippen LogP contribution in [0.3, 0.4) is 0 Å². The van der Waals surface area contributed by atoms with Crippen molar-refractivity contribution in [2.45, 2.75) is 74.9 Å². The second kappa shape index (κ2) is 12.1. The van der Waals surface area contributed by atoms with Crippen molar-refractivity contribution >= 4 is 22.1 Å². The van der Waals surface area contributed by atoms with Crippen LogP contribution >= 0.6 is 0 Å². The lowest BCUT2D eigenvalue weighted by Gasteiger charge is -2.08. The van der Waals surface area contributed by atoms with Gasteiger partial charge in [0.15, 0.2) is 0 Å². The van der Waals surface area contributed by atoms with Crippen molar-refractivity contribution in [3.05, 3.63) is 60.2 Å². The molecule has 4 rings (SSSR count). The van der Waals surface area contributed by atoms with Crippen molar-refractivity contribution in [3.63, 3.8) is 0 Å². The van der Waals surface area contributed by atoms with Gasteiger partial charge >= 0.3 is 0 Å². The van der Waals surface area contributed by atoms with Crippen LogP contribution in [-0.4, -0.2) is 19.1 Å². The second-order valence-corrected chi connectivity index (χ2v) is 6.65. The van der Waals surface area contributed by atoms with Gasteiger partial charge in [-0.3, -0.25) is 0 Å². The highest BCUT2D eigenvalue weighted by Gasteiger charge is 2.05. The zero-order chi connectivity index (χ0) is 22.0. The van der Waals surface area contributed by atoms with E-state index in [2.05, 4.69) is 78.2 Å². The van der Waals surface area contributed by atoms with Gasteiger partial charge in [0.2, 0.25) is 0 Å². The quantitative estimate of drug-likeness (QED) is 0.356. The molecular formula is C25H38N4. The van der Waals surface area contributed by atoms with E-state index in [1.807, 2.05) is 52.2 Å². The Hall–Kier alpha value is -2.62. The SMILES string of the molecule is CC.CC.CCn1ccc2c(C)ccnc21.Cc1ccnc2c1ccn2C(C)C. The number of aryl methyl sites for hydroxylation is 3. The Morgan fingerprint density at radius 2 is 1.24 bits per heavy atom. The van der Waals surface area contributed by atoms with Gasteiger partial charge in [-0.1, -0.05) is 27.7 Å². The fraction of sp³-hybridized carbons (Fsp3) is 0.440. The first-order chi connectivity index (χ1) is 14.0. The van der Waals surface area contributed by atoms with Crippen LogP contribution in [0.2, 0.25) is 0 Å². The number of aromatic nitrogens is 4. The van der Waals surface area contributed by atoms with Crippen LogP contribution in [0.5, 0.6) is 0 Å². The van der Waals surface area contributed by atoms with E-state index in [0.717, 1.165) is 17.8 Å². The molecule has 0 spiro atoms. The minimum Gasteiger partial charge on any atom is -0.333 e. The van der Waals surface area contributed by atoms with Crippen molar-refractivity contribution in [1.29, 1.82) is 0 Å². The summed E-state index contributed by atoms with van der Waals surface area (Å²) in [5, 5.41) is 2.52. The summed E-state index contributed by atoms with van der Waals surface area (Å²) in [6.07, 6.45) is 7.93. The number of hydrogen-bond acceptors (Lipinski definition) is 2. The van der Waals surface area contributed by atoms with Gasteiger partial charge in [0.25, 0.3) is 0 Å². The molecule has 0 aliphatic rings. The van der Waals surface area contributed by atoms with E-state index in [1.165, 1.54) is 21.9 Å². The Morgan fingerprint density at radius 1 is 0.759 bits per heavy atom. The predicted molar refractivity (Wildman–Crippen MR) is 128 cm³/mol. The van der Waals surface area contributed by atoms with Crippen LogP contribution in [0.15, 0.2) is 49.1 Å². The van der Waals surface area contributed by atoms with Crippen molar-refractivity contribution in [1.82, 2.24) is 19.1 Å². The summed E-state index contributed by atoms with van der Waals surface area (Å²) >= 11 is 0. The fourth-order valence-corrected chi connectivity index (χ4v) is 3.09. The molecule has 0 atom stereocenters. The third-order valence-electron chi connectivity index (χ3n) is 4.61. The summed E-state index contributed by atoms with van der Waals surface area (Å²) in [6.45, 7) is 19.7. The van der Waals surface area contributed by atoms with Gasteiger partial charge < -0.3 is 9.13 Å². The lowest BCUT2D eigenvalue weighted by atomic mass is 10.2. The van der Waals surface area contributed by atoms with Crippen LogP contribution in [0, 0.1) is 13.8 Å². The number of fused-ring (bicyclic) bond motifs is 2. The molecule has 4 nitrogen and oxygen atoms in total. The van der Waals surface area contributed by atoms with E-state index in [0.29, 0.717) is 6.04 Å². The first-order valence-corrected chi connectivity index (χ1v) is 10.9. The summed E-state index contributed by atoms with van der Waals surface area (Å²) in [5.41, 5.74) is 4.78. The van der Waals surface area contributed by atoms with Crippen molar-refractivity contribution < 1.29 is 0 Å². The molecular weight excluding hydrogens is 356 g/mol. The molecule has 4 heteroatoms. The molecule has 0 aliphatic heterocycles. The van der Waals surface area contributed by atoms with Crippen LogP contribution in [0.1, 0.15) is 65.6 Å². The Bertz CT molecular complexity index is 993. The molecule has 0 bridgehead atoms. The molecule has 4 heterocycles. The number of nitrogens with zero attached hydrogens (tertiary/aromatic N) is 4. The van der Waals surface area contributed by atoms with Crippen LogP contribution < -0.4 is 0 Å². The summed E-state index contributed by atoms with van der Waals surface area (Å²) in [5.74, 6) is 0. The maximum Gasteiger partial charge on any atom is 0.140 e. The highest BCUT2D eigenvalue weighted by atomic mass is 15.0. The lowest BCUT2D eigenvalue weighted by Crippen LogP contribution is -1.99. The number of rotatable bonds is 2. The van der Waals surface area contributed by atoms with Crippen molar-refractivity contribution in [3.8, 4) is 0 Å². The molecule has 0 fully saturated rings. The lowest BCUT2D eigenvalue weighted by molar-refractivity contribution is 0.618. The molecule has 0 saturated carbocycles. The second-order valence-electron chi connectivity index (χ2n) is 6.65. The van der Waals surface area contributed by atoms with Gasteiger partial charge in [-0.25, -0.2) is 9.97 Å². The monoisotopic (exact) mass is 394 g/mol. The van der Waals surface area contributed by atoms with Gasteiger partial charge in [-0.15, -0.1) is 0 Å². The highest BCUT2D eigenvalue weighted by molar-refractivity contribution is 5.80. The standard InChI is InChI=1S/C11H14N2.C10H12N2.2C2H6/c1-8(2)13-7-5-10-9(3)4-6-12-11(10)13;1-3-12-7-5-9-8(2)4-6-11-10(9)12;2*1-2/h4-8H,1-3H3;4-7H,3H2,1-2H3;2*1-2H3. The van der Waals surface area contributed by atoms with E-state index < -0.39 is 0 Å². The molecule has 0 aromatic carbocycles. The van der Waals surface area contributed by atoms with Gasteiger partial charge in [0.1, 0.15) is 11.3 Å². The molecule has 0 radical (unpaired) electrons. The average molecular weight is 395 g/mol. The molecule has 4 aromatic heterocycles. The van der Waals surface area contributed by atoms with E-state index in [-0.39, 0.29) is 0 Å². The Kier molecular flexibility index (Phi) is 10.1. The Morgan fingerprint density at radius 3 is 1.76 bits per heavy atom. The number of hydrogen-bond donors (Lipinski definition) is 0. The van der Waals surface area contributed by atoms with E-state index >= 15 is 0 Å². The Balaban J connectivity index is 0.000000248. The van der Waals surface area contributed by atoms with Crippen LogP contribution in [-0.2, 0) is 6.54 Å². The van der Waals surface area contributed by atoms with Gasteiger partial charge in [0, 0.05) is 48.1 Å². The molecule has 158 valence electrons. The van der Waals surface area contributed by atoms with E-state index in [9.17, 15) is 0 Å². The largest absolute Gasteiger partial charge is 0.333 e. The maximum absolute atomic E-state index is 4.39. The molecule has 0 unspecified atom stereocenters. The molecule has 0 aliphatic carbocycles. The van der Waals surface area contributed by atoms with Crippen molar-refractivity contribution in [2.24, 2.45) is 0 Å².